The van der Waals surface area contributed by atoms with Gasteiger partial charge in [-0.05, 0) is 313 Å². The van der Waals surface area contributed by atoms with Gasteiger partial charge < -0.3 is 19.3 Å². The molecule has 20 rings (SSSR count). The van der Waals surface area contributed by atoms with Crippen LogP contribution in [0.25, 0.3) is 90.0 Å². The van der Waals surface area contributed by atoms with E-state index in [1.807, 2.05) is 72.8 Å². The van der Waals surface area contributed by atoms with Crippen LogP contribution in [0.15, 0.2) is 438 Å². The highest BCUT2D eigenvalue weighted by molar-refractivity contribution is 5.92. The zero-order valence-electron chi connectivity index (χ0n) is 72.5. The Labute approximate surface area is 749 Å². The molecular formula is C122H94F2N2O2. The number of rotatable bonds is 21. The minimum absolute atomic E-state index is 0.0389. The topological polar surface area (TPSA) is 24.9 Å². The van der Waals surface area contributed by atoms with E-state index in [-0.39, 0.29) is 22.5 Å². The summed E-state index contributed by atoms with van der Waals surface area (Å²) in [4.78, 5) is 4.58. The predicted octanol–water partition coefficient (Wildman–Crippen LogP) is 33.4. The standard InChI is InChI=1S/C122H94F2N2O2/c1-9-81-25-67-107(68-26-81)127-109-71-51-97(52-72-109)121(95-47-43-93(44-48-95)119(3,4)5)115-23-13-11-21-111(115)113-75-41-91(79-117(113)121)87-37-63-105(64-38-87)125(103-59-33-85(34-60-103)89-17-15-19-99(123)77-89)101-55-29-83(30-56-101)84-31-57-102(58-32-84)126(104-61-35-86(36-62-104)90-18-16-20-100(124)78-90)106-65-39-88(40-66-106)92-42-76-114-112-22-12-14-24-116(112)122(118(114)80-92,96-49-45-94(46-50-96)120(6,7)8)98-53-73-110(74-54-98)128-108-69-27-82(10-2)28-70-108/h9-80H,1-2H2,3-8H3. The smallest absolute Gasteiger partial charge is 0.127 e. The lowest BCUT2D eigenvalue weighted by Crippen LogP contribution is -2.29. The molecule has 0 amide bonds. The monoisotopic (exact) mass is 1660 g/mol. The van der Waals surface area contributed by atoms with Gasteiger partial charge in [0.1, 0.15) is 34.6 Å². The number of nitrogens with zero attached hydrogens (tertiary/aromatic N) is 2. The molecular weight excluding hydrogens is 1560 g/mol. The molecule has 0 bridgehead atoms. The second-order valence-electron chi connectivity index (χ2n) is 35.5. The van der Waals surface area contributed by atoms with Crippen LogP contribution in [0.4, 0.5) is 42.9 Å². The lowest BCUT2D eigenvalue weighted by Gasteiger charge is -2.34. The van der Waals surface area contributed by atoms with Crippen LogP contribution in [-0.4, -0.2) is 0 Å². The number of fused-ring (bicyclic) bond motifs is 6. The molecule has 0 saturated heterocycles. The molecule has 0 saturated carbocycles. The van der Waals surface area contributed by atoms with Gasteiger partial charge in [-0.1, -0.05) is 334 Å². The van der Waals surface area contributed by atoms with Crippen LogP contribution in [0.3, 0.4) is 0 Å². The van der Waals surface area contributed by atoms with Gasteiger partial charge in [0.25, 0.3) is 0 Å². The van der Waals surface area contributed by atoms with E-state index in [9.17, 15) is 8.78 Å². The molecule has 2 aliphatic rings. The van der Waals surface area contributed by atoms with Crippen LogP contribution in [0.1, 0.15) is 108 Å². The molecule has 618 valence electrons. The summed E-state index contributed by atoms with van der Waals surface area (Å²) in [5, 5.41) is 0. The first kappa shape index (κ1) is 80.9. The second-order valence-corrected chi connectivity index (χ2v) is 35.5. The van der Waals surface area contributed by atoms with Crippen molar-refractivity contribution in [2.45, 2.75) is 63.2 Å². The Bertz CT molecular complexity index is 6720. The van der Waals surface area contributed by atoms with Crippen molar-refractivity contribution in [2.75, 3.05) is 9.80 Å². The molecule has 6 heteroatoms. The molecule has 18 aromatic rings. The van der Waals surface area contributed by atoms with Crippen molar-refractivity contribution in [3.8, 4) is 101 Å². The predicted molar refractivity (Wildman–Crippen MR) is 528 cm³/mol. The third-order valence-corrected chi connectivity index (χ3v) is 25.8. The molecule has 0 heterocycles. The van der Waals surface area contributed by atoms with Crippen LogP contribution >= 0.6 is 0 Å². The van der Waals surface area contributed by atoms with E-state index in [0.29, 0.717) is 0 Å². The zero-order valence-corrected chi connectivity index (χ0v) is 72.5. The molecule has 4 nitrogen and oxygen atoms in total. The Kier molecular flexibility index (Phi) is 21.0. The summed E-state index contributed by atoms with van der Waals surface area (Å²) in [6.07, 6.45) is 3.67. The minimum Gasteiger partial charge on any atom is -0.457 e. The van der Waals surface area contributed by atoms with Crippen LogP contribution in [0, 0.1) is 11.6 Å². The highest BCUT2D eigenvalue weighted by Gasteiger charge is 2.48. The van der Waals surface area contributed by atoms with E-state index < -0.39 is 10.8 Å². The molecule has 2 aliphatic carbocycles. The first-order chi connectivity index (χ1) is 62.3. The summed E-state index contributed by atoms with van der Waals surface area (Å²) in [6, 6.07) is 149. The van der Waals surface area contributed by atoms with Crippen LogP contribution in [0.5, 0.6) is 23.0 Å². The molecule has 0 spiro atoms. The van der Waals surface area contributed by atoms with Gasteiger partial charge >= 0.3 is 0 Å². The number of hydrogen-bond acceptors (Lipinski definition) is 4. The largest absolute Gasteiger partial charge is 0.457 e. The second kappa shape index (κ2) is 33.2. The zero-order chi connectivity index (χ0) is 87.4. The van der Waals surface area contributed by atoms with Gasteiger partial charge in [0, 0.05) is 34.1 Å². The van der Waals surface area contributed by atoms with Crippen LogP contribution < -0.4 is 19.3 Å². The first-order valence-electron chi connectivity index (χ1n) is 43.8. The molecule has 2 atom stereocenters. The third kappa shape index (κ3) is 15.1. The lowest BCUT2D eigenvalue weighted by atomic mass is 9.67. The highest BCUT2D eigenvalue weighted by atomic mass is 19.1. The molecule has 128 heavy (non-hydrogen) atoms. The Hall–Kier alpha value is -15.5. The summed E-state index contributed by atoms with van der Waals surface area (Å²) in [7, 11) is 0. The SMILES string of the molecule is C=Cc1ccc(Oc2ccc(C3(c4ccc(C(C)(C)C)cc4)c4ccccc4-c4ccc(-c5ccc(N(c6ccc(-c7ccc(N(c8ccc(-c9cccc(F)c9)cc8)c8ccc(-c9ccc%10c(c9)C(c9ccc(Oc%11ccc(C=C)cc%11)cc9)(c9ccc(C(C)(C)C)cc9)c9ccccc9-%10)cc8)cc7)cc6)c6ccc(-c7cccc(F)c7)cc6)cc5)cc43)cc2)cc1. The maximum absolute atomic E-state index is 14.8. The number of hydrogen-bond donors (Lipinski definition) is 0. The van der Waals surface area contributed by atoms with Crippen molar-refractivity contribution < 1.29 is 18.3 Å². The van der Waals surface area contributed by atoms with Crippen molar-refractivity contribution in [2.24, 2.45) is 0 Å². The number of halogens is 2. The van der Waals surface area contributed by atoms with Crippen LogP contribution in [-0.2, 0) is 21.7 Å². The summed E-state index contributed by atoms with van der Waals surface area (Å²) < 4.78 is 42.6. The first-order valence-corrected chi connectivity index (χ1v) is 43.8. The molecule has 18 aromatic carbocycles. The van der Waals surface area contributed by atoms with Gasteiger partial charge in [0.15, 0.2) is 0 Å². The Morgan fingerprint density at radius 2 is 0.477 bits per heavy atom. The summed E-state index contributed by atoms with van der Waals surface area (Å²) in [6.45, 7) is 21.5. The Balaban J connectivity index is 0.631. The normalized spacial score (nSPS) is 14.2. The van der Waals surface area contributed by atoms with E-state index in [1.54, 1.807) is 24.3 Å². The minimum atomic E-state index is -0.674. The van der Waals surface area contributed by atoms with Crippen LogP contribution in [0.2, 0.25) is 0 Å². The number of benzene rings is 18. The average Bonchev–Trinajstić information content (AvgIpc) is 1.54. The number of ether oxygens (including phenoxy) is 2. The summed E-state index contributed by atoms with van der Waals surface area (Å²) in [5.41, 5.74) is 33.2. The summed E-state index contributed by atoms with van der Waals surface area (Å²) >= 11 is 0. The van der Waals surface area contributed by atoms with Crippen molar-refractivity contribution in [1.29, 1.82) is 0 Å². The molecule has 0 radical (unpaired) electrons. The van der Waals surface area contributed by atoms with E-state index in [1.165, 1.54) is 78.9 Å². The Morgan fingerprint density at radius 1 is 0.234 bits per heavy atom. The molecule has 0 aromatic heterocycles. The Morgan fingerprint density at radius 3 is 0.750 bits per heavy atom. The van der Waals surface area contributed by atoms with Crippen molar-refractivity contribution >= 4 is 46.3 Å². The fourth-order valence-corrected chi connectivity index (χ4v) is 19.1. The van der Waals surface area contributed by atoms with Gasteiger partial charge in [0.2, 0.25) is 0 Å². The fraction of sp³-hybridized carbons (Fsp3) is 0.0820. The molecule has 2 unspecified atom stereocenters. The van der Waals surface area contributed by atoms with Crippen molar-refractivity contribution in [3.63, 3.8) is 0 Å². The van der Waals surface area contributed by atoms with Gasteiger partial charge in [-0.2, -0.15) is 0 Å². The molecule has 0 fully saturated rings. The van der Waals surface area contributed by atoms with Crippen molar-refractivity contribution in [1.82, 2.24) is 0 Å². The average molecular weight is 1660 g/mol. The van der Waals surface area contributed by atoms with E-state index in [4.69, 9.17) is 9.47 Å². The van der Waals surface area contributed by atoms with Crippen molar-refractivity contribution in [3.05, 3.63) is 516 Å². The maximum atomic E-state index is 14.8. The summed E-state index contributed by atoms with van der Waals surface area (Å²) in [5.74, 6) is 2.47. The van der Waals surface area contributed by atoms with Gasteiger partial charge in [-0.3, -0.25) is 0 Å². The molecule has 0 aliphatic heterocycles. The van der Waals surface area contributed by atoms with E-state index >= 15 is 0 Å². The molecule has 0 N–H and O–H groups in total. The van der Waals surface area contributed by atoms with E-state index in [0.717, 1.165) is 135 Å². The maximum Gasteiger partial charge on any atom is 0.127 e. The third-order valence-electron chi connectivity index (χ3n) is 25.8. The van der Waals surface area contributed by atoms with Gasteiger partial charge in [-0.15, -0.1) is 0 Å². The highest BCUT2D eigenvalue weighted by Crippen LogP contribution is 2.60. The number of anilines is 6. The van der Waals surface area contributed by atoms with Gasteiger partial charge in [-0.25, -0.2) is 8.78 Å². The van der Waals surface area contributed by atoms with Gasteiger partial charge in [0.05, 0.1) is 10.8 Å². The fourth-order valence-electron chi connectivity index (χ4n) is 19.1. The lowest BCUT2D eigenvalue weighted by molar-refractivity contribution is 0.482. The quantitative estimate of drug-likeness (QED) is 0.0716. The van der Waals surface area contributed by atoms with E-state index in [2.05, 4.69) is 392 Å².